The van der Waals surface area contributed by atoms with Crippen LogP contribution in [0.15, 0.2) is 89.8 Å². The Hall–Kier alpha value is -3.65. The molecule has 0 fully saturated rings. The first kappa shape index (κ1) is 29.9. The molecular formula is C31H39N3O4S. The van der Waals surface area contributed by atoms with E-state index in [1.165, 1.54) is 17.0 Å². The van der Waals surface area contributed by atoms with Crippen LogP contribution in [-0.4, -0.2) is 50.8 Å². The van der Waals surface area contributed by atoms with Gasteiger partial charge in [0.1, 0.15) is 12.6 Å². The number of anilines is 1. The predicted octanol–water partition coefficient (Wildman–Crippen LogP) is 4.96. The second-order valence-electron chi connectivity index (χ2n) is 9.55. The Balaban J connectivity index is 1.96. The number of hydrogen-bond donors (Lipinski definition) is 1. The molecule has 0 aliphatic rings. The molecule has 0 spiro atoms. The quantitative estimate of drug-likeness (QED) is 0.288. The highest BCUT2D eigenvalue weighted by Crippen LogP contribution is 2.25. The van der Waals surface area contributed by atoms with Crippen LogP contribution in [0.1, 0.15) is 44.2 Å². The van der Waals surface area contributed by atoms with E-state index in [0.29, 0.717) is 25.1 Å². The second kappa shape index (κ2) is 14.5. The molecule has 0 saturated carbocycles. The number of nitrogens with zero attached hydrogens (tertiary/aromatic N) is 2. The molecule has 0 saturated heterocycles. The summed E-state index contributed by atoms with van der Waals surface area (Å²) in [6, 6.07) is 24.2. The van der Waals surface area contributed by atoms with Gasteiger partial charge >= 0.3 is 0 Å². The number of sulfonamides is 1. The summed E-state index contributed by atoms with van der Waals surface area (Å²) < 4.78 is 28.7. The summed E-state index contributed by atoms with van der Waals surface area (Å²) in [7, 11) is -4.05. The number of rotatable bonds is 14. The van der Waals surface area contributed by atoms with Crippen molar-refractivity contribution < 1.29 is 18.0 Å². The molecule has 39 heavy (non-hydrogen) atoms. The van der Waals surface area contributed by atoms with Crippen molar-refractivity contribution in [2.75, 3.05) is 23.9 Å². The Labute approximate surface area is 232 Å². The van der Waals surface area contributed by atoms with E-state index in [0.717, 1.165) is 28.3 Å². The number of hydrogen-bond acceptors (Lipinski definition) is 4. The minimum Gasteiger partial charge on any atom is -0.354 e. The smallest absolute Gasteiger partial charge is 0.264 e. The number of carbonyl (C=O) groups excluding carboxylic acids is 2. The van der Waals surface area contributed by atoms with E-state index in [1.54, 1.807) is 30.3 Å². The SMILES string of the molecule is CCCCNC(=O)C(CC)N(CCc1ccccc1)C(=O)CN(c1ccc(C)cc1)S(=O)(=O)c1ccccc1. The topological polar surface area (TPSA) is 86.8 Å². The second-order valence-corrected chi connectivity index (χ2v) is 11.4. The highest BCUT2D eigenvalue weighted by Gasteiger charge is 2.33. The van der Waals surface area contributed by atoms with E-state index < -0.39 is 28.5 Å². The van der Waals surface area contributed by atoms with E-state index in [4.69, 9.17) is 0 Å². The Morgan fingerprint density at radius 3 is 2.08 bits per heavy atom. The third kappa shape index (κ3) is 8.17. The predicted molar refractivity (Wildman–Crippen MR) is 156 cm³/mol. The molecule has 1 atom stereocenters. The molecule has 7 nitrogen and oxygen atoms in total. The molecule has 0 aromatic heterocycles. The fourth-order valence-electron chi connectivity index (χ4n) is 4.36. The number of nitrogens with one attached hydrogen (secondary N) is 1. The van der Waals surface area contributed by atoms with Gasteiger partial charge in [0.25, 0.3) is 10.0 Å². The fraction of sp³-hybridized carbons (Fsp3) is 0.355. The minimum absolute atomic E-state index is 0.0959. The van der Waals surface area contributed by atoms with Crippen LogP contribution in [0.2, 0.25) is 0 Å². The van der Waals surface area contributed by atoms with E-state index >= 15 is 0 Å². The van der Waals surface area contributed by atoms with Crippen LogP contribution in [-0.2, 0) is 26.0 Å². The maximum atomic E-state index is 14.0. The van der Waals surface area contributed by atoms with Crippen molar-refractivity contribution in [2.24, 2.45) is 0 Å². The molecule has 1 unspecified atom stereocenters. The number of benzene rings is 3. The van der Waals surface area contributed by atoms with Gasteiger partial charge < -0.3 is 10.2 Å². The van der Waals surface area contributed by atoms with E-state index in [-0.39, 0.29) is 17.3 Å². The molecule has 0 radical (unpaired) electrons. The molecule has 0 bridgehead atoms. The van der Waals surface area contributed by atoms with Gasteiger partial charge in [0.05, 0.1) is 10.6 Å². The van der Waals surface area contributed by atoms with Gasteiger partial charge in [0.15, 0.2) is 0 Å². The van der Waals surface area contributed by atoms with Crippen molar-refractivity contribution in [1.29, 1.82) is 0 Å². The summed E-state index contributed by atoms with van der Waals surface area (Å²) in [5.41, 5.74) is 2.39. The Bertz CT molecular complexity index is 1300. The van der Waals surface area contributed by atoms with Crippen LogP contribution < -0.4 is 9.62 Å². The Morgan fingerprint density at radius 2 is 1.49 bits per heavy atom. The van der Waals surface area contributed by atoms with Crippen molar-refractivity contribution in [1.82, 2.24) is 10.2 Å². The highest BCUT2D eigenvalue weighted by molar-refractivity contribution is 7.92. The van der Waals surface area contributed by atoms with E-state index in [2.05, 4.69) is 5.32 Å². The van der Waals surface area contributed by atoms with E-state index in [9.17, 15) is 18.0 Å². The standard InChI is InChI=1S/C31H39N3O4S/c1-4-6-22-32-31(36)29(5-2)33(23-21-26-13-9-7-10-14-26)30(35)24-34(27-19-17-25(3)18-20-27)39(37,38)28-15-11-8-12-16-28/h7-20,29H,4-6,21-24H2,1-3H3,(H,32,36). The van der Waals surface area contributed by atoms with Crippen molar-refractivity contribution in [3.05, 3.63) is 96.1 Å². The molecule has 0 heterocycles. The first-order valence-corrected chi connectivity index (χ1v) is 15.0. The van der Waals surface area contributed by atoms with Crippen LogP contribution in [0.3, 0.4) is 0 Å². The zero-order chi connectivity index (χ0) is 28.3. The van der Waals surface area contributed by atoms with Crippen LogP contribution in [0.5, 0.6) is 0 Å². The van der Waals surface area contributed by atoms with Crippen LogP contribution in [0.25, 0.3) is 0 Å². The number of carbonyl (C=O) groups is 2. The lowest BCUT2D eigenvalue weighted by Gasteiger charge is -2.33. The maximum Gasteiger partial charge on any atom is 0.264 e. The van der Waals surface area contributed by atoms with Crippen LogP contribution in [0, 0.1) is 6.92 Å². The molecule has 208 valence electrons. The van der Waals surface area contributed by atoms with E-state index in [1.807, 2.05) is 63.2 Å². The summed E-state index contributed by atoms with van der Waals surface area (Å²) in [5.74, 6) is -0.649. The van der Waals surface area contributed by atoms with Gasteiger partial charge in [-0.15, -0.1) is 0 Å². The van der Waals surface area contributed by atoms with Gasteiger partial charge in [-0.25, -0.2) is 8.42 Å². The summed E-state index contributed by atoms with van der Waals surface area (Å²) in [6.07, 6.45) is 2.74. The van der Waals surface area contributed by atoms with Crippen molar-refractivity contribution in [3.63, 3.8) is 0 Å². The molecule has 3 rings (SSSR count). The lowest BCUT2D eigenvalue weighted by molar-refractivity contribution is -0.139. The third-order valence-corrected chi connectivity index (χ3v) is 8.42. The Kier molecular flexibility index (Phi) is 11.1. The fourth-order valence-corrected chi connectivity index (χ4v) is 5.80. The van der Waals surface area contributed by atoms with Gasteiger partial charge in [-0.2, -0.15) is 0 Å². The molecule has 2 amide bonds. The average Bonchev–Trinajstić information content (AvgIpc) is 2.95. The lowest BCUT2D eigenvalue weighted by atomic mass is 10.1. The first-order chi connectivity index (χ1) is 18.8. The molecule has 3 aromatic carbocycles. The van der Waals surface area contributed by atoms with Gasteiger partial charge in [-0.3, -0.25) is 13.9 Å². The molecule has 3 aromatic rings. The number of aryl methyl sites for hydroxylation is 1. The normalized spacial score (nSPS) is 12.0. The Morgan fingerprint density at radius 1 is 0.872 bits per heavy atom. The van der Waals surface area contributed by atoms with Crippen molar-refractivity contribution >= 4 is 27.5 Å². The molecular weight excluding hydrogens is 510 g/mol. The van der Waals surface area contributed by atoms with Crippen molar-refractivity contribution in [3.8, 4) is 0 Å². The minimum atomic E-state index is -4.05. The molecule has 8 heteroatoms. The van der Waals surface area contributed by atoms with Crippen molar-refractivity contribution in [2.45, 2.75) is 57.4 Å². The third-order valence-electron chi connectivity index (χ3n) is 6.63. The largest absolute Gasteiger partial charge is 0.354 e. The zero-order valence-electron chi connectivity index (χ0n) is 23.0. The van der Waals surface area contributed by atoms with Gasteiger partial charge in [-0.05, 0) is 56.0 Å². The van der Waals surface area contributed by atoms with Gasteiger partial charge in [0, 0.05) is 13.1 Å². The van der Waals surface area contributed by atoms with Crippen LogP contribution in [0.4, 0.5) is 5.69 Å². The summed E-state index contributed by atoms with van der Waals surface area (Å²) >= 11 is 0. The van der Waals surface area contributed by atoms with Crippen LogP contribution >= 0.6 is 0 Å². The monoisotopic (exact) mass is 549 g/mol. The molecule has 0 aliphatic heterocycles. The zero-order valence-corrected chi connectivity index (χ0v) is 23.9. The van der Waals surface area contributed by atoms with Gasteiger partial charge in [0.2, 0.25) is 11.8 Å². The maximum absolute atomic E-state index is 14.0. The average molecular weight is 550 g/mol. The molecule has 0 aliphatic carbocycles. The summed E-state index contributed by atoms with van der Waals surface area (Å²) in [6.45, 7) is 6.23. The summed E-state index contributed by atoms with van der Waals surface area (Å²) in [4.78, 5) is 28.8. The van der Waals surface area contributed by atoms with Gasteiger partial charge in [-0.1, -0.05) is 86.5 Å². The highest BCUT2D eigenvalue weighted by atomic mass is 32.2. The first-order valence-electron chi connectivity index (χ1n) is 13.5. The summed E-state index contributed by atoms with van der Waals surface area (Å²) in [5, 5.41) is 2.95. The number of amides is 2. The lowest BCUT2D eigenvalue weighted by Crippen LogP contribution is -2.53. The number of unbranched alkanes of at least 4 members (excludes halogenated alkanes) is 1. The molecule has 1 N–H and O–H groups in total.